The predicted molar refractivity (Wildman–Crippen MR) is 95.1 cm³/mol. The van der Waals surface area contributed by atoms with E-state index in [0.29, 0.717) is 0 Å². The van der Waals surface area contributed by atoms with Crippen LogP contribution >= 0.6 is 12.4 Å². The first-order valence-electron chi connectivity index (χ1n) is 8.35. The average molecular weight is 427 g/mol. The number of nitrogens with one attached hydrogen (secondary N) is 3. The fourth-order valence-electron chi connectivity index (χ4n) is 3.10. The van der Waals surface area contributed by atoms with E-state index in [9.17, 15) is 22.4 Å². The number of alkyl halides is 3. The first kappa shape index (κ1) is 22.0. The van der Waals surface area contributed by atoms with Crippen molar-refractivity contribution in [1.29, 1.82) is 0 Å². The first-order chi connectivity index (χ1) is 12.7. The number of H-pyrrole nitrogens is 1. The highest BCUT2D eigenvalue weighted by molar-refractivity contribution is 5.85. The maximum atomic E-state index is 14.4. The maximum absolute atomic E-state index is 14.4. The summed E-state index contributed by atoms with van der Waals surface area (Å²) in [6.07, 6.45) is -3.39. The number of piperidine rings is 1. The minimum absolute atomic E-state index is 0. The van der Waals surface area contributed by atoms with Crippen LogP contribution < -0.4 is 21.1 Å². The van der Waals surface area contributed by atoms with Crippen LogP contribution in [-0.2, 0) is 0 Å². The van der Waals surface area contributed by atoms with Gasteiger partial charge in [-0.05, 0) is 50.9 Å². The second kappa shape index (κ2) is 8.82. The van der Waals surface area contributed by atoms with Gasteiger partial charge in [-0.1, -0.05) is 0 Å². The van der Waals surface area contributed by atoms with Gasteiger partial charge in [0.25, 0.3) is 0 Å². The van der Waals surface area contributed by atoms with E-state index < -0.39 is 23.7 Å². The lowest BCUT2D eigenvalue weighted by molar-refractivity contribution is -0.275. The Kier molecular flexibility index (Phi) is 6.94. The maximum Gasteiger partial charge on any atom is 0.573 e. The van der Waals surface area contributed by atoms with E-state index in [-0.39, 0.29) is 41.5 Å². The van der Waals surface area contributed by atoms with E-state index in [2.05, 4.69) is 20.5 Å². The highest BCUT2D eigenvalue weighted by Crippen LogP contribution is 2.37. The number of hydrogen-bond donors (Lipinski definition) is 3. The lowest BCUT2D eigenvalue weighted by Crippen LogP contribution is -2.36. The third kappa shape index (κ3) is 5.38. The molecular weight excluding hydrogens is 408 g/mol. The Morgan fingerprint density at radius 2 is 2.00 bits per heavy atom. The van der Waals surface area contributed by atoms with Gasteiger partial charge in [0.15, 0.2) is 11.6 Å². The predicted octanol–water partition coefficient (Wildman–Crippen LogP) is 3.29. The number of aromatic amines is 1. The second-order valence-corrected chi connectivity index (χ2v) is 6.32. The van der Waals surface area contributed by atoms with E-state index in [0.717, 1.165) is 32.0 Å². The number of anilines is 1. The van der Waals surface area contributed by atoms with Crippen molar-refractivity contribution in [3.05, 3.63) is 28.5 Å². The fourth-order valence-corrected chi connectivity index (χ4v) is 3.10. The average Bonchev–Trinajstić information content (AvgIpc) is 3.04. The molecule has 0 radical (unpaired) electrons. The quantitative estimate of drug-likeness (QED) is 0.635. The van der Waals surface area contributed by atoms with Gasteiger partial charge in [-0.3, -0.25) is 0 Å². The smallest absolute Gasteiger partial charge is 0.400 e. The van der Waals surface area contributed by atoms with E-state index in [1.54, 1.807) is 0 Å². The van der Waals surface area contributed by atoms with Gasteiger partial charge in [0.1, 0.15) is 0 Å². The Hall–Kier alpha value is -2.27. The summed E-state index contributed by atoms with van der Waals surface area (Å²) in [6, 6.07) is 1.74. The molecule has 0 saturated carbocycles. The molecule has 0 bridgehead atoms. The molecule has 1 aliphatic rings. The highest BCUT2D eigenvalue weighted by atomic mass is 35.5. The summed E-state index contributed by atoms with van der Waals surface area (Å²) in [5.41, 5.74) is -0.195. The van der Waals surface area contributed by atoms with E-state index in [4.69, 9.17) is 4.42 Å². The summed E-state index contributed by atoms with van der Waals surface area (Å²) in [5, 5.41) is 11.7. The lowest BCUT2D eigenvalue weighted by Gasteiger charge is -2.30. The zero-order chi connectivity index (χ0) is 19.6. The van der Waals surface area contributed by atoms with Gasteiger partial charge in [-0.15, -0.1) is 30.7 Å². The molecule has 7 nitrogen and oxygen atoms in total. The van der Waals surface area contributed by atoms with E-state index in [1.165, 1.54) is 6.07 Å². The van der Waals surface area contributed by atoms with Gasteiger partial charge in [0, 0.05) is 11.6 Å². The van der Waals surface area contributed by atoms with Gasteiger partial charge >= 0.3 is 12.1 Å². The third-order valence-corrected chi connectivity index (χ3v) is 4.42. The summed E-state index contributed by atoms with van der Waals surface area (Å²) in [7, 11) is 0. The molecule has 0 spiro atoms. The summed E-state index contributed by atoms with van der Waals surface area (Å²) in [4.78, 5) is 11.1. The molecule has 1 aromatic carbocycles. The Labute approximate surface area is 163 Å². The molecule has 3 rings (SSSR count). The normalized spacial score (nSPS) is 16.3. The van der Waals surface area contributed by atoms with Crippen molar-refractivity contribution in [3.8, 4) is 17.2 Å². The molecule has 3 N–H and O–H groups in total. The Morgan fingerprint density at radius 3 is 2.57 bits per heavy atom. The molecule has 2 aromatic rings. The van der Waals surface area contributed by atoms with Crippen molar-refractivity contribution in [3.63, 3.8) is 0 Å². The molecule has 0 aliphatic carbocycles. The summed E-state index contributed by atoms with van der Waals surface area (Å²) in [5.74, 6) is -3.13. The summed E-state index contributed by atoms with van der Waals surface area (Å²) in [6.45, 7) is 3.41. The van der Waals surface area contributed by atoms with Crippen molar-refractivity contribution in [2.45, 2.75) is 32.2 Å². The van der Waals surface area contributed by atoms with Crippen LogP contribution in [0.2, 0.25) is 0 Å². The minimum atomic E-state index is -5.06. The van der Waals surface area contributed by atoms with Crippen LogP contribution in [0.1, 0.15) is 19.8 Å². The van der Waals surface area contributed by atoms with Crippen LogP contribution in [0.5, 0.6) is 5.75 Å². The molecule has 1 aliphatic heterocycles. The third-order valence-electron chi connectivity index (χ3n) is 4.42. The fraction of sp³-hybridized carbons (Fsp3) is 0.500. The SMILES string of the molecule is C[C@H](Nc1cc(-c2n[nH]c(=O)o2)cc(F)c1OC(F)(F)F)C1CCNCC1.Cl. The Balaban J connectivity index is 0.00000280. The number of rotatable bonds is 5. The molecular formula is C16H19ClF4N4O3. The number of ether oxygens (including phenoxy) is 1. The molecule has 2 heterocycles. The van der Waals surface area contributed by atoms with Gasteiger partial charge < -0.3 is 19.8 Å². The summed E-state index contributed by atoms with van der Waals surface area (Å²) < 4.78 is 61.2. The van der Waals surface area contributed by atoms with Crippen LogP contribution in [-0.4, -0.2) is 35.7 Å². The van der Waals surface area contributed by atoms with Gasteiger partial charge in [-0.25, -0.2) is 14.3 Å². The topological polar surface area (TPSA) is 92.2 Å². The molecule has 1 aromatic heterocycles. The van der Waals surface area contributed by atoms with Crippen LogP contribution in [0.3, 0.4) is 0 Å². The standard InChI is InChI=1S/C16H18F4N4O3.ClH/c1-8(9-2-4-21-5-3-9)22-12-7-10(14-23-24-15(25)26-14)6-11(17)13(12)27-16(18,19)20;/h6-9,21-22H,2-5H2,1H3,(H,24,25);1H/t8-;/m0./s1. The number of aromatic nitrogens is 2. The largest absolute Gasteiger partial charge is 0.573 e. The molecule has 0 amide bonds. The molecule has 1 saturated heterocycles. The molecule has 12 heteroatoms. The number of nitrogens with zero attached hydrogens (tertiary/aromatic N) is 1. The Bertz CT molecular complexity index is 849. The zero-order valence-corrected chi connectivity index (χ0v) is 15.5. The van der Waals surface area contributed by atoms with E-state index >= 15 is 0 Å². The van der Waals surface area contributed by atoms with Crippen LogP contribution in [0.15, 0.2) is 21.3 Å². The molecule has 0 unspecified atom stereocenters. The second-order valence-electron chi connectivity index (χ2n) is 6.32. The van der Waals surface area contributed by atoms with Gasteiger partial charge in [0.05, 0.1) is 5.69 Å². The van der Waals surface area contributed by atoms with Crippen LogP contribution in [0, 0.1) is 11.7 Å². The molecule has 1 atom stereocenters. The monoisotopic (exact) mass is 426 g/mol. The van der Waals surface area contributed by atoms with E-state index in [1.807, 2.05) is 12.0 Å². The van der Waals surface area contributed by atoms with Crippen molar-refractivity contribution >= 4 is 18.1 Å². The summed E-state index contributed by atoms with van der Waals surface area (Å²) >= 11 is 0. The van der Waals surface area contributed by atoms with Crippen molar-refractivity contribution in [2.75, 3.05) is 18.4 Å². The molecule has 28 heavy (non-hydrogen) atoms. The number of halogens is 5. The van der Waals surface area contributed by atoms with Crippen molar-refractivity contribution in [1.82, 2.24) is 15.5 Å². The van der Waals surface area contributed by atoms with Crippen LogP contribution in [0.4, 0.5) is 23.2 Å². The Morgan fingerprint density at radius 1 is 1.32 bits per heavy atom. The molecule has 156 valence electrons. The highest BCUT2D eigenvalue weighted by Gasteiger charge is 2.34. The van der Waals surface area contributed by atoms with Crippen molar-refractivity contribution in [2.24, 2.45) is 5.92 Å². The zero-order valence-electron chi connectivity index (χ0n) is 14.7. The van der Waals surface area contributed by atoms with Crippen molar-refractivity contribution < 1.29 is 26.7 Å². The number of benzene rings is 1. The first-order valence-corrected chi connectivity index (χ1v) is 8.35. The lowest BCUT2D eigenvalue weighted by atomic mass is 9.91. The van der Waals surface area contributed by atoms with Gasteiger partial charge in [-0.2, -0.15) is 0 Å². The minimum Gasteiger partial charge on any atom is -0.400 e. The van der Waals surface area contributed by atoms with Crippen LogP contribution in [0.25, 0.3) is 11.5 Å². The number of hydrogen-bond acceptors (Lipinski definition) is 6. The molecule has 1 fully saturated rings. The van der Waals surface area contributed by atoms with Gasteiger partial charge in [0.2, 0.25) is 5.89 Å².